The number of carbonyl (C=O) groups excluding carboxylic acids is 2. The molecule has 6 nitrogen and oxygen atoms in total. The first-order valence-corrected chi connectivity index (χ1v) is 12.1. The smallest absolute Gasteiger partial charge is 0.242 e. The molecule has 4 atom stereocenters. The number of aromatic hydroxyl groups is 1. The Kier molecular flexibility index (Phi) is 5.45. The normalized spacial score (nSPS) is 32.8. The summed E-state index contributed by atoms with van der Waals surface area (Å²) in [5, 5.41) is 16.2. The molecule has 0 spiro atoms. The van der Waals surface area contributed by atoms with Crippen molar-refractivity contribution < 1.29 is 14.7 Å². The van der Waals surface area contributed by atoms with Crippen molar-refractivity contribution in [3.8, 4) is 5.75 Å². The Morgan fingerprint density at radius 2 is 2.16 bits per heavy atom. The fourth-order valence-electron chi connectivity index (χ4n) is 6.42. The van der Waals surface area contributed by atoms with Gasteiger partial charge in [-0.1, -0.05) is 13.0 Å². The molecule has 1 saturated carbocycles. The zero-order valence-electron chi connectivity index (χ0n) is 18.5. The molecule has 2 amide bonds. The van der Waals surface area contributed by atoms with Crippen molar-refractivity contribution in [1.82, 2.24) is 15.5 Å². The van der Waals surface area contributed by atoms with E-state index in [0.717, 1.165) is 38.1 Å². The van der Waals surface area contributed by atoms with Crippen molar-refractivity contribution in [1.29, 1.82) is 0 Å². The van der Waals surface area contributed by atoms with Gasteiger partial charge in [0.25, 0.3) is 0 Å². The van der Waals surface area contributed by atoms with Gasteiger partial charge in [-0.25, -0.2) is 0 Å². The lowest BCUT2D eigenvalue weighted by Gasteiger charge is -2.56. The molecule has 5 rings (SSSR count). The molecule has 3 N–H and O–H groups in total. The van der Waals surface area contributed by atoms with Gasteiger partial charge < -0.3 is 15.7 Å². The molecule has 2 heterocycles. The molecule has 4 aliphatic rings. The summed E-state index contributed by atoms with van der Waals surface area (Å²) in [5.74, 6) is 1.59. The summed E-state index contributed by atoms with van der Waals surface area (Å²) in [4.78, 5) is 27.0. The molecule has 0 radical (unpaired) electrons. The second-order valence-electron chi connectivity index (χ2n) is 10.3. The number of hydrogen-bond acceptors (Lipinski definition) is 4. The summed E-state index contributed by atoms with van der Waals surface area (Å²) in [6.07, 6.45) is 7.72. The number of rotatable bonds is 6. The second-order valence-corrected chi connectivity index (χ2v) is 10.3. The quantitative estimate of drug-likeness (QED) is 0.654. The Morgan fingerprint density at radius 3 is 2.94 bits per heavy atom. The molecule has 2 aliphatic heterocycles. The second kappa shape index (κ2) is 8.12. The summed E-state index contributed by atoms with van der Waals surface area (Å²) in [7, 11) is 0. The molecule has 0 aromatic heterocycles. The van der Waals surface area contributed by atoms with Gasteiger partial charge in [0, 0.05) is 31.0 Å². The molecule has 31 heavy (non-hydrogen) atoms. The predicted molar refractivity (Wildman–Crippen MR) is 119 cm³/mol. The van der Waals surface area contributed by atoms with Crippen LogP contribution in [0.5, 0.6) is 5.75 Å². The summed E-state index contributed by atoms with van der Waals surface area (Å²) in [6, 6.07) is 6.03. The molecule has 2 bridgehead atoms. The minimum atomic E-state index is -0.396. The van der Waals surface area contributed by atoms with Gasteiger partial charge in [-0.05, 0) is 86.6 Å². The molecule has 2 saturated heterocycles. The standard InChI is InChI=1S/C25H35N3O3/c1-16-22-13-18-7-8-19(29)14-20(18)25(16,10-12-28(22)15-17-5-6-17)9-11-26-24(31)21-3-2-4-23(30)27-21/h7-8,14,16-17,21-22,29H,2-6,9-13,15H2,1H3,(H,26,31)(H,27,30)/t16-,21-,22+,25-/m0/s1. The predicted octanol–water partition coefficient (Wildman–Crippen LogP) is 2.48. The highest BCUT2D eigenvalue weighted by atomic mass is 16.3. The minimum Gasteiger partial charge on any atom is -0.508 e. The van der Waals surface area contributed by atoms with E-state index in [0.29, 0.717) is 37.1 Å². The number of fused-ring (bicyclic) bond motifs is 4. The van der Waals surface area contributed by atoms with Crippen molar-refractivity contribution in [3.05, 3.63) is 29.3 Å². The average Bonchev–Trinajstić information content (AvgIpc) is 3.56. The van der Waals surface area contributed by atoms with Gasteiger partial charge in [-0.2, -0.15) is 0 Å². The topological polar surface area (TPSA) is 81.7 Å². The van der Waals surface area contributed by atoms with Crippen LogP contribution in [-0.2, 0) is 21.4 Å². The fourth-order valence-corrected chi connectivity index (χ4v) is 6.42. The highest BCUT2D eigenvalue weighted by Crippen LogP contribution is 2.52. The number of amides is 2. The molecular weight excluding hydrogens is 390 g/mol. The summed E-state index contributed by atoms with van der Waals surface area (Å²) >= 11 is 0. The molecular formula is C25H35N3O3. The molecule has 0 unspecified atom stereocenters. The molecule has 3 fully saturated rings. The Bertz CT molecular complexity index is 868. The summed E-state index contributed by atoms with van der Waals surface area (Å²) in [5.41, 5.74) is 2.61. The largest absolute Gasteiger partial charge is 0.508 e. The Hall–Kier alpha value is -2.08. The van der Waals surface area contributed by atoms with Crippen LogP contribution < -0.4 is 10.6 Å². The van der Waals surface area contributed by atoms with Gasteiger partial charge in [-0.3, -0.25) is 14.5 Å². The van der Waals surface area contributed by atoms with Gasteiger partial charge in [0.2, 0.25) is 11.8 Å². The highest BCUT2D eigenvalue weighted by Gasteiger charge is 2.51. The van der Waals surface area contributed by atoms with Crippen LogP contribution in [-0.4, -0.2) is 53.5 Å². The van der Waals surface area contributed by atoms with Crippen LogP contribution in [0.2, 0.25) is 0 Å². The lowest BCUT2D eigenvalue weighted by molar-refractivity contribution is -0.131. The summed E-state index contributed by atoms with van der Waals surface area (Å²) < 4.78 is 0. The number of nitrogens with zero attached hydrogens (tertiary/aromatic N) is 1. The van der Waals surface area contributed by atoms with Crippen molar-refractivity contribution in [2.75, 3.05) is 19.6 Å². The van der Waals surface area contributed by atoms with Gasteiger partial charge in [0.05, 0.1) is 0 Å². The maximum absolute atomic E-state index is 12.6. The van der Waals surface area contributed by atoms with Crippen LogP contribution in [0, 0.1) is 11.8 Å². The number of piperidine rings is 2. The third-order valence-electron chi connectivity index (χ3n) is 8.43. The number of likely N-dealkylation sites (tertiary alicyclic amines) is 1. The van der Waals surface area contributed by atoms with Crippen LogP contribution in [0.3, 0.4) is 0 Å². The van der Waals surface area contributed by atoms with Crippen molar-refractivity contribution in [2.24, 2.45) is 11.8 Å². The first kappa shape index (κ1) is 20.8. The maximum atomic E-state index is 12.6. The lowest BCUT2D eigenvalue weighted by Crippen LogP contribution is -2.60. The lowest BCUT2D eigenvalue weighted by atomic mass is 9.56. The first-order valence-electron chi connectivity index (χ1n) is 12.1. The first-order chi connectivity index (χ1) is 15.0. The van der Waals surface area contributed by atoms with Gasteiger partial charge in [0.15, 0.2) is 0 Å². The van der Waals surface area contributed by atoms with Crippen LogP contribution in [0.25, 0.3) is 0 Å². The van der Waals surface area contributed by atoms with Gasteiger partial charge in [0.1, 0.15) is 11.8 Å². The number of phenolic OH excluding ortho intramolecular Hbond substituents is 1. The third-order valence-corrected chi connectivity index (χ3v) is 8.43. The minimum absolute atomic E-state index is 0.0267. The van der Waals surface area contributed by atoms with E-state index in [4.69, 9.17) is 0 Å². The van der Waals surface area contributed by atoms with Crippen molar-refractivity contribution >= 4 is 11.8 Å². The van der Waals surface area contributed by atoms with E-state index in [1.165, 1.54) is 30.5 Å². The average molecular weight is 426 g/mol. The Morgan fingerprint density at radius 1 is 1.32 bits per heavy atom. The van der Waals surface area contributed by atoms with E-state index in [2.05, 4.69) is 28.5 Å². The third kappa shape index (κ3) is 3.95. The van der Waals surface area contributed by atoms with Gasteiger partial charge in [-0.15, -0.1) is 0 Å². The molecule has 1 aromatic rings. The van der Waals surface area contributed by atoms with E-state index < -0.39 is 6.04 Å². The number of benzene rings is 1. The number of carbonyl (C=O) groups is 2. The van der Waals surface area contributed by atoms with Crippen molar-refractivity contribution in [3.63, 3.8) is 0 Å². The molecule has 168 valence electrons. The van der Waals surface area contributed by atoms with E-state index in [1.807, 2.05) is 12.1 Å². The fraction of sp³-hybridized carbons (Fsp3) is 0.680. The van der Waals surface area contributed by atoms with Crippen LogP contribution in [0.4, 0.5) is 0 Å². The van der Waals surface area contributed by atoms with E-state index >= 15 is 0 Å². The molecule has 6 heteroatoms. The number of nitrogens with one attached hydrogen (secondary N) is 2. The number of hydrogen-bond donors (Lipinski definition) is 3. The van der Waals surface area contributed by atoms with E-state index in [1.54, 1.807) is 0 Å². The maximum Gasteiger partial charge on any atom is 0.242 e. The highest BCUT2D eigenvalue weighted by molar-refractivity contribution is 5.88. The van der Waals surface area contributed by atoms with Crippen LogP contribution >= 0.6 is 0 Å². The number of phenols is 1. The Labute approximate surface area is 184 Å². The SMILES string of the molecule is C[C@H]1[C@H]2Cc3ccc(O)cc3[C@@]1(CCNC(=O)[C@@H]1CCCC(=O)N1)CCN2CC1CC1. The molecule has 1 aromatic carbocycles. The Balaban J connectivity index is 1.33. The monoisotopic (exact) mass is 425 g/mol. The molecule has 2 aliphatic carbocycles. The van der Waals surface area contributed by atoms with E-state index in [9.17, 15) is 14.7 Å². The summed E-state index contributed by atoms with van der Waals surface area (Å²) in [6.45, 7) is 5.28. The zero-order valence-corrected chi connectivity index (χ0v) is 18.5. The van der Waals surface area contributed by atoms with Gasteiger partial charge >= 0.3 is 0 Å². The van der Waals surface area contributed by atoms with Crippen LogP contribution in [0.1, 0.15) is 63.0 Å². The van der Waals surface area contributed by atoms with Crippen LogP contribution in [0.15, 0.2) is 18.2 Å². The van der Waals surface area contributed by atoms with E-state index in [-0.39, 0.29) is 17.2 Å². The van der Waals surface area contributed by atoms with Crippen molar-refractivity contribution in [2.45, 2.75) is 75.8 Å². The zero-order chi connectivity index (χ0) is 21.6.